The maximum Gasteiger partial charge on any atom is 0.248 e. The molecule has 0 aliphatic carbocycles. The smallest absolute Gasteiger partial charge is 0.248 e. The summed E-state index contributed by atoms with van der Waals surface area (Å²) >= 11 is 6.24. The number of nitrogens with one attached hydrogen (secondary N) is 2. The summed E-state index contributed by atoms with van der Waals surface area (Å²) in [4.78, 5) is 24.4. The summed E-state index contributed by atoms with van der Waals surface area (Å²) in [6.07, 6.45) is 0. The third-order valence-electron chi connectivity index (χ3n) is 4.09. The van der Waals surface area contributed by atoms with Crippen LogP contribution in [0.25, 0.3) is 0 Å². The van der Waals surface area contributed by atoms with E-state index in [0.717, 1.165) is 11.4 Å². The van der Waals surface area contributed by atoms with Crippen molar-refractivity contribution in [3.05, 3.63) is 40.7 Å². The maximum atomic E-state index is 12.5. The van der Waals surface area contributed by atoms with Crippen molar-refractivity contribution in [2.24, 2.45) is 11.7 Å². The van der Waals surface area contributed by atoms with E-state index >= 15 is 0 Å². The molecule has 1 aromatic carbocycles. The van der Waals surface area contributed by atoms with Gasteiger partial charge in [0.2, 0.25) is 11.8 Å². The molecular formula is C18H25Cl2N5O2. The topological polar surface area (TPSA) is 102 Å². The molecule has 2 atom stereocenters. The molecule has 0 aliphatic heterocycles. The molecule has 0 saturated heterocycles. The number of aromatic nitrogens is 2. The molecule has 9 heteroatoms. The molecular weight excluding hydrogens is 389 g/mol. The van der Waals surface area contributed by atoms with Gasteiger partial charge in [-0.3, -0.25) is 14.3 Å². The number of nitrogens with zero attached hydrogens (tertiary/aromatic N) is 2. The van der Waals surface area contributed by atoms with Crippen LogP contribution in [0.15, 0.2) is 24.3 Å². The highest BCUT2D eigenvalue weighted by atomic mass is 35.5. The van der Waals surface area contributed by atoms with Gasteiger partial charge in [-0.05, 0) is 45.0 Å². The molecule has 1 aromatic heterocycles. The molecule has 7 nitrogen and oxygen atoms in total. The Labute approximate surface area is 170 Å². The van der Waals surface area contributed by atoms with E-state index < -0.39 is 6.04 Å². The second-order valence-electron chi connectivity index (χ2n) is 6.36. The lowest BCUT2D eigenvalue weighted by molar-refractivity contribution is -0.119. The zero-order valence-corrected chi connectivity index (χ0v) is 17.3. The van der Waals surface area contributed by atoms with Gasteiger partial charge < -0.3 is 16.4 Å². The molecule has 1 heterocycles. The summed E-state index contributed by atoms with van der Waals surface area (Å²) in [5.74, 6) is -0.708. The Kier molecular flexibility index (Phi) is 8.27. The SMILES string of the molecule is Cc1cc(C)n(C(C)C(=O)Nc2ccc(NC(=O)C(C)CN)cc2Cl)n1.Cl. The van der Waals surface area contributed by atoms with E-state index in [4.69, 9.17) is 17.3 Å². The van der Waals surface area contributed by atoms with E-state index in [1.165, 1.54) is 0 Å². The van der Waals surface area contributed by atoms with E-state index in [2.05, 4.69) is 15.7 Å². The monoisotopic (exact) mass is 413 g/mol. The number of hydrogen-bond donors (Lipinski definition) is 3. The third-order valence-corrected chi connectivity index (χ3v) is 4.40. The molecule has 2 unspecified atom stereocenters. The first kappa shape index (κ1) is 23.0. The van der Waals surface area contributed by atoms with Crippen LogP contribution >= 0.6 is 24.0 Å². The number of carbonyl (C=O) groups is 2. The third kappa shape index (κ3) is 5.69. The van der Waals surface area contributed by atoms with Gasteiger partial charge in [0.15, 0.2) is 0 Å². The van der Waals surface area contributed by atoms with Gasteiger partial charge in [-0.2, -0.15) is 5.10 Å². The summed E-state index contributed by atoms with van der Waals surface area (Å²) < 4.78 is 1.67. The van der Waals surface area contributed by atoms with Crippen molar-refractivity contribution < 1.29 is 9.59 Å². The molecule has 0 bridgehead atoms. The van der Waals surface area contributed by atoms with Crippen molar-refractivity contribution >= 4 is 47.2 Å². The number of carbonyl (C=O) groups excluding carboxylic acids is 2. The van der Waals surface area contributed by atoms with E-state index in [1.54, 1.807) is 36.7 Å². The molecule has 0 saturated carbocycles. The van der Waals surface area contributed by atoms with Crippen LogP contribution in [0.2, 0.25) is 5.02 Å². The summed E-state index contributed by atoms with van der Waals surface area (Å²) in [6, 6.07) is 6.35. The number of amides is 2. The van der Waals surface area contributed by atoms with Gasteiger partial charge in [-0.25, -0.2) is 0 Å². The largest absolute Gasteiger partial charge is 0.330 e. The minimum Gasteiger partial charge on any atom is -0.330 e. The number of benzene rings is 1. The summed E-state index contributed by atoms with van der Waals surface area (Å²) in [6.45, 7) is 7.55. The Bertz CT molecular complexity index is 822. The van der Waals surface area contributed by atoms with Crippen molar-refractivity contribution in [2.75, 3.05) is 17.2 Å². The van der Waals surface area contributed by atoms with Gasteiger partial charge in [0.05, 0.1) is 16.4 Å². The van der Waals surface area contributed by atoms with Crippen LogP contribution < -0.4 is 16.4 Å². The Balaban J connectivity index is 0.00000364. The average Bonchev–Trinajstić information content (AvgIpc) is 2.93. The minimum absolute atomic E-state index is 0. The number of halogens is 2. The molecule has 2 amide bonds. The van der Waals surface area contributed by atoms with E-state index in [1.807, 2.05) is 19.9 Å². The van der Waals surface area contributed by atoms with Gasteiger partial charge in [0, 0.05) is 23.8 Å². The Hall–Kier alpha value is -2.09. The molecule has 2 rings (SSSR count). The lowest BCUT2D eigenvalue weighted by Crippen LogP contribution is -2.27. The quantitative estimate of drug-likeness (QED) is 0.675. The fraction of sp³-hybridized carbons (Fsp3) is 0.389. The van der Waals surface area contributed by atoms with Gasteiger partial charge in [-0.1, -0.05) is 18.5 Å². The van der Waals surface area contributed by atoms with Crippen LogP contribution in [-0.4, -0.2) is 28.1 Å². The second-order valence-corrected chi connectivity index (χ2v) is 6.76. The number of nitrogens with two attached hydrogens (primary N) is 1. The highest BCUT2D eigenvalue weighted by Crippen LogP contribution is 2.26. The predicted molar refractivity (Wildman–Crippen MR) is 111 cm³/mol. The lowest BCUT2D eigenvalue weighted by atomic mass is 10.1. The van der Waals surface area contributed by atoms with Crippen LogP contribution in [0.5, 0.6) is 0 Å². The zero-order valence-electron chi connectivity index (χ0n) is 15.7. The number of aryl methyl sites for hydroxylation is 2. The van der Waals surface area contributed by atoms with E-state index in [0.29, 0.717) is 16.4 Å². The van der Waals surface area contributed by atoms with Crippen LogP contribution in [0.3, 0.4) is 0 Å². The summed E-state index contributed by atoms with van der Waals surface area (Å²) in [7, 11) is 0. The van der Waals surface area contributed by atoms with Crippen molar-refractivity contribution in [3.63, 3.8) is 0 Å². The second kappa shape index (κ2) is 9.73. The van der Waals surface area contributed by atoms with Crippen LogP contribution in [0.1, 0.15) is 31.3 Å². The Morgan fingerprint density at radius 2 is 1.85 bits per heavy atom. The predicted octanol–water partition coefficient (Wildman–Crippen LogP) is 3.31. The molecule has 27 heavy (non-hydrogen) atoms. The highest BCUT2D eigenvalue weighted by Gasteiger charge is 2.19. The maximum absolute atomic E-state index is 12.5. The number of rotatable bonds is 6. The first-order valence-corrected chi connectivity index (χ1v) is 8.74. The highest BCUT2D eigenvalue weighted by molar-refractivity contribution is 6.34. The van der Waals surface area contributed by atoms with Gasteiger partial charge >= 0.3 is 0 Å². The van der Waals surface area contributed by atoms with Crippen molar-refractivity contribution in [1.82, 2.24) is 9.78 Å². The minimum atomic E-state index is -0.482. The van der Waals surface area contributed by atoms with Crippen LogP contribution in [-0.2, 0) is 9.59 Å². The molecule has 0 spiro atoms. The van der Waals surface area contributed by atoms with Crippen molar-refractivity contribution in [1.29, 1.82) is 0 Å². The average molecular weight is 414 g/mol. The van der Waals surface area contributed by atoms with Gasteiger partial charge in [0.25, 0.3) is 0 Å². The fourth-order valence-electron chi connectivity index (χ4n) is 2.45. The van der Waals surface area contributed by atoms with Crippen molar-refractivity contribution in [2.45, 2.75) is 33.7 Å². The standard InChI is InChI=1S/C18H24ClN5O2.ClH/c1-10(9-20)17(25)21-14-5-6-16(15(19)8-14)22-18(26)13(4)24-12(3)7-11(2)23-24;/h5-8,10,13H,9,20H2,1-4H3,(H,21,25)(H,22,26);1H. The number of hydrogen-bond acceptors (Lipinski definition) is 4. The molecule has 4 N–H and O–H groups in total. The van der Waals surface area contributed by atoms with E-state index in [9.17, 15) is 9.59 Å². The first-order valence-electron chi connectivity index (χ1n) is 8.37. The van der Waals surface area contributed by atoms with Crippen LogP contribution in [0, 0.1) is 19.8 Å². The number of anilines is 2. The molecule has 2 aromatic rings. The van der Waals surface area contributed by atoms with Gasteiger partial charge in [0.1, 0.15) is 6.04 Å². The Morgan fingerprint density at radius 3 is 2.37 bits per heavy atom. The molecule has 0 aliphatic rings. The van der Waals surface area contributed by atoms with Crippen LogP contribution in [0.4, 0.5) is 11.4 Å². The summed E-state index contributed by atoms with van der Waals surface area (Å²) in [5.41, 5.74) is 8.26. The Morgan fingerprint density at radius 1 is 1.19 bits per heavy atom. The van der Waals surface area contributed by atoms with E-state index in [-0.39, 0.29) is 36.7 Å². The van der Waals surface area contributed by atoms with Gasteiger partial charge in [-0.15, -0.1) is 12.4 Å². The van der Waals surface area contributed by atoms with Crippen molar-refractivity contribution in [3.8, 4) is 0 Å². The molecule has 0 radical (unpaired) electrons. The summed E-state index contributed by atoms with van der Waals surface area (Å²) in [5, 5.41) is 10.2. The first-order chi connectivity index (χ1) is 12.2. The zero-order chi connectivity index (χ0) is 19.4. The lowest BCUT2D eigenvalue weighted by Gasteiger charge is -2.16. The normalized spacial score (nSPS) is 12.7. The fourth-order valence-corrected chi connectivity index (χ4v) is 2.68. The molecule has 0 fully saturated rings. The molecule has 148 valence electrons.